The minimum atomic E-state index is -3.66. The molecule has 1 N–H and O–H groups in total. The van der Waals surface area contributed by atoms with Crippen LogP contribution in [0.3, 0.4) is 0 Å². The third-order valence-electron chi connectivity index (χ3n) is 2.94. The largest absolute Gasteiger partial charge is 0.381 e. The molecule has 0 atom stereocenters. The Balaban J connectivity index is 2.25. The van der Waals surface area contributed by atoms with Crippen LogP contribution in [0.5, 0.6) is 0 Å². The summed E-state index contributed by atoms with van der Waals surface area (Å²) in [5.41, 5.74) is -1.05. The van der Waals surface area contributed by atoms with Crippen molar-refractivity contribution in [2.24, 2.45) is 0 Å². The molecule has 2 rings (SSSR count). The fourth-order valence-corrected chi connectivity index (χ4v) is 3.27. The zero-order valence-corrected chi connectivity index (χ0v) is 10.6. The smallest absolute Gasteiger partial charge is 0.241 e. The normalized spacial score (nSPS) is 19.1. The summed E-state index contributed by atoms with van der Waals surface area (Å²) in [6.07, 6.45) is 0.741. The maximum Gasteiger partial charge on any atom is 0.241 e. The third-order valence-corrected chi connectivity index (χ3v) is 4.50. The first kappa shape index (κ1) is 13.0. The Morgan fingerprint density at radius 3 is 2.39 bits per heavy atom. The topological polar surface area (TPSA) is 79.2 Å². The number of nitrogens with one attached hydrogen (secondary N) is 1. The van der Waals surface area contributed by atoms with Gasteiger partial charge in [0, 0.05) is 26.1 Å². The van der Waals surface area contributed by atoms with E-state index in [-0.39, 0.29) is 4.90 Å². The van der Waals surface area contributed by atoms with E-state index in [1.165, 1.54) is 12.1 Å². The summed E-state index contributed by atoms with van der Waals surface area (Å²) < 4.78 is 32.0. The molecule has 5 nitrogen and oxygen atoms in total. The minimum Gasteiger partial charge on any atom is -0.381 e. The van der Waals surface area contributed by atoms with Crippen LogP contribution in [-0.2, 0) is 14.8 Å². The Kier molecular flexibility index (Phi) is 3.66. The minimum absolute atomic E-state index is 0.172. The second kappa shape index (κ2) is 5.06. The summed E-state index contributed by atoms with van der Waals surface area (Å²) in [6.45, 7) is 0.787. The number of hydrogen-bond donors (Lipinski definition) is 1. The number of benzene rings is 1. The van der Waals surface area contributed by atoms with Crippen LogP contribution >= 0.6 is 0 Å². The lowest BCUT2D eigenvalue weighted by Gasteiger charge is -2.31. The fraction of sp³-hybridized carbons (Fsp3) is 0.417. The van der Waals surface area contributed by atoms with Crippen molar-refractivity contribution in [1.29, 1.82) is 5.26 Å². The van der Waals surface area contributed by atoms with Crippen LogP contribution in [0.4, 0.5) is 0 Å². The lowest BCUT2D eigenvalue weighted by atomic mass is 9.93. The molecule has 0 aromatic heterocycles. The van der Waals surface area contributed by atoms with Gasteiger partial charge in [-0.25, -0.2) is 8.42 Å². The Morgan fingerprint density at radius 1 is 1.22 bits per heavy atom. The predicted molar refractivity (Wildman–Crippen MR) is 65.2 cm³/mol. The highest BCUT2D eigenvalue weighted by Crippen LogP contribution is 2.22. The average molecular weight is 266 g/mol. The van der Waals surface area contributed by atoms with Gasteiger partial charge in [0.15, 0.2) is 0 Å². The van der Waals surface area contributed by atoms with E-state index < -0.39 is 15.6 Å². The van der Waals surface area contributed by atoms with Crippen molar-refractivity contribution in [1.82, 2.24) is 4.72 Å². The summed E-state index contributed by atoms with van der Waals surface area (Å²) in [5, 5.41) is 9.22. The van der Waals surface area contributed by atoms with Crippen molar-refractivity contribution >= 4 is 10.0 Å². The predicted octanol–water partition coefficient (Wildman–Crippen LogP) is 1.04. The van der Waals surface area contributed by atoms with Gasteiger partial charge in [-0.15, -0.1) is 0 Å². The van der Waals surface area contributed by atoms with Crippen molar-refractivity contribution in [2.75, 3.05) is 13.2 Å². The van der Waals surface area contributed by atoms with Crippen LogP contribution in [0, 0.1) is 11.3 Å². The number of hydrogen-bond acceptors (Lipinski definition) is 4. The van der Waals surface area contributed by atoms with Crippen molar-refractivity contribution in [3.63, 3.8) is 0 Å². The first-order valence-electron chi connectivity index (χ1n) is 5.66. The molecule has 1 heterocycles. The van der Waals surface area contributed by atoms with E-state index in [4.69, 9.17) is 4.74 Å². The van der Waals surface area contributed by atoms with Crippen LogP contribution in [0.25, 0.3) is 0 Å². The zero-order valence-electron chi connectivity index (χ0n) is 9.80. The van der Waals surface area contributed by atoms with E-state index in [2.05, 4.69) is 10.8 Å². The molecule has 1 aromatic rings. The highest BCUT2D eigenvalue weighted by atomic mass is 32.2. The SMILES string of the molecule is N#CC1(NS(=O)(=O)c2ccccc2)CCOCC1. The molecule has 0 amide bonds. The van der Waals surface area contributed by atoms with Gasteiger partial charge in [-0.1, -0.05) is 18.2 Å². The number of nitrogens with zero attached hydrogens (tertiary/aromatic N) is 1. The molecule has 1 aliphatic heterocycles. The molecule has 18 heavy (non-hydrogen) atoms. The van der Waals surface area contributed by atoms with Gasteiger partial charge >= 0.3 is 0 Å². The molecule has 96 valence electrons. The molecule has 0 bridgehead atoms. The summed E-state index contributed by atoms with van der Waals surface area (Å²) in [6, 6.07) is 10.1. The van der Waals surface area contributed by atoms with Gasteiger partial charge in [0.05, 0.1) is 11.0 Å². The third kappa shape index (κ3) is 2.70. The van der Waals surface area contributed by atoms with E-state index in [0.717, 1.165) is 0 Å². The second-order valence-corrected chi connectivity index (χ2v) is 5.91. The van der Waals surface area contributed by atoms with E-state index in [9.17, 15) is 13.7 Å². The first-order chi connectivity index (χ1) is 8.58. The molecular weight excluding hydrogens is 252 g/mol. The summed E-state index contributed by atoms with van der Waals surface area (Å²) in [7, 11) is -3.66. The number of rotatable bonds is 3. The molecule has 6 heteroatoms. The molecular formula is C12H14N2O3S. The number of nitriles is 1. The number of ether oxygens (including phenoxy) is 1. The quantitative estimate of drug-likeness (QED) is 0.886. The highest BCUT2D eigenvalue weighted by Gasteiger charge is 2.37. The molecule has 0 spiro atoms. The fourth-order valence-electron chi connectivity index (χ4n) is 1.87. The zero-order chi connectivity index (χ0) is 13.1. The van der Waals surface area contributed by atoms with Gasteiger partial charge in [0.2, 0.25) is 10.0 Å². The van der Waals surface area contributed by atoms with Gasteiger partial charge in [-0.05, 0) is 12.1 Å². The van der Waals surface area contributed by atoms with Crippen molar-refractivity contribution in [3.8, 4) is 6.07 Å². The van der Waals surface area contributed by atoms with E-state index in [1.54, 1.807) is 18.2 Å². The lowest BCUT2D eigenvalue weighted by molar-refractivity contribution is 0.0651. The summed E-state index contributed by atoms with van der Waals surface area (Å²) in [4.78, 5) is 0.172. The van der Waals surface area contributed by atoms with Crippen LogP contribution in [0.1, 0.15) is 12.8 Å². The van der Waals surface area contributed by atoms with E-state index >= 15 is 0 Å². The molecule has 0 aliphatic carbocycles. The Labute approximate surface area is 106 Å². The van der Waals surface area contributed by atoms with Crippen LogP contribution in [0.15, 0.2) is 35.2 Å². The van der Waals surface area contributed by atoms with E-state index in [0.29, 0.717) is 26.1 Å². The van der Waals surface area contributed by atoms with Crippen molar-refractivity contribution < 1.29 is 13.2 Å². The van der Waals surface area contributed by atoms with Gasteiger partial charge in [0.25, 0.3) is 0 Å². The van der Waals surface area contributed by atoms with Crippen molar-refractivity contribution in [2.45, 2.75) is 23.3 Å². The van der Waals surface area contributed by atoms with Crippen LogP contribution in [0.2, 0.25) is 0 Å². The maximum atomic E-state index is 12.2. The molecule has 1 aromatic carbocycles. The van der Waals surface area contributed by atoms with Gasteiger partial charge < -0.3 is 4.74 Å². The molecule has 0 unspecified atom stereocenters. The average Bonchev–Trinajstić information content (AvgIpc) is 2.40. The Hall–Kier alpha value is -1.42. The summed E-state index contributed by atoms with van der Waals surface area (Å²) >= 11 is 0. The highest BCUT2D eigenvalue weighted by molar-refractivity contribution is 7.89. The molecule has 1 saturated heterocycles. The van der Waals surface area contributed by atoms with Crippen LogP contribution in [-0.4, -0.2) is 27.2 Å². The molecule has 0 radical (unpaired) electrons. The monoisotopic (exact) mass is 266 g/mol. The van der Waals surface area contributed by atoms with Gasteiger partial charge in [0.1, 0.15) is 5.54 Å². The summed E-state index contributed by atoms with van der Waals surface area (Å²) in [5.74, 6) is 0. The molecule has 1 fully saturated rings. The van der Waals surface area contributed by atoms with E-state index in [1.807, 2.05) is 0 Å². The second-order valence-electron chi connectivity index (χ2n) is 4.22. The van der Waals surface area contributed by atoms with Crippen LogP contribution < -0.4 is 4.72 Å². The van der Waals surface area contributed by atoms with Gasteiger partial charge in [-0.3, -0.25) is 0 Å². The lowest BCUT2D eigenvalue weighted by Crippen LogP contribution is -2.50. The molecule has 1 aliphatic rings. The maximum absolute atomic E-state index is 12.2. The first-order valence-corrected chi connectivity index (χ1v) is 7.14. The van der Waals surface area contributed by atoms with Gasteiger partial charge in [-0.2, -0.15) is 9.98 Å². The molecule has 0 saturated carbocycles. The standard InChI is InChI=1S/C12H14N2O3S/c13-10-12(6-8-17-9-7-12)14-18(15,16)11-4-2-1-3-5-11/h1-5,14H,6-9H2. The Morgan fingerprint density at radius 2 is 1.83 bits per heavy atom. The van der Waals surface area contributed by atoms with Crippen molar-refractivity contribution in [3.05, 3.63) is 30.3 Å². The number of sulfonamides is 1. The Bertz CT molecular complexity index is 542.